The van der Waals surface area contributed by atoms with Gasteiger partial charge in [0.05, 0.1) is 18.1 Å². The second-order valence-corrected chi connectivity index (χ2v) is 13.8. The van der Waals surface area contributed by atoms with Crippen molar-refractivity contribution in [1.82, 2.24) is 10.3 Å². The van der Waals surface area contributed by atoms with Gasteiger partial charge in [-0.15, -0.1) is 0 Å². The Balaban J connectivity index is 1.17. The Labute approximate surface area is 263 Å². The monoisotopic (exact) mass is 595 g/mol. The molecule has 44 heavy (non-hydrogen) atoms. The van der Waals surface area contributed by atoms with Crippen LogP contribution in [0.5, 0.6) is 5.75 Å². The lowest BCUT2D eigenvalue weighted by Crippen LogP contribution is -2.50. The van der Waals surface area contributed by atoms with E-state index in [9.17, 15) is 9.90 Å². The number of hydrogen-bond acceptors (Lipinski definition) is 5. The van der Waals surface area contributed by atoms with Gasteiger partial charge in [-0.25, -0.2) is 4.98 Å². The molecule has 1 saturated carbocycles. The largest absolute Gasteiger partial charge is 0.487 e. The van der Waals surface area contributed by atoms with E-state index < -0.39 is 6.10 Å². The predicted molar refractivity (Wildman–Crippen MR) is 176 cm³/mol. The molecule has 2 N–H and O–H groups in total. The summed E-state index contributed by atoms with van der Waals surface area (Å²) >= 11 is 0. The topological polar surface area (TPSA) is 74.7 Å². The van der Waals surface area contributed by atoms with Gasteiger partial charge in [0.1, 0.15) is 17.2 Å². The average Bonchev–Trinajstić information content (AvgIpc) is 3.50. The number of carbonyl (C=O) groups excluding carboxylic acids is 1. The van der Waals surface area contributed by atoms with Crippen molar-refractivity contribution in [1.29, 1.82) is 0 Å². The third-order valence-electron chi connectivity index (χ3n) is 10.3. The Bertz CT molecular complexity index is 1370. The summed E-state index contributed by atoms with van der Waals surface area (Å²) in [5.74, 6) is 2.65. The Morgan fingerprint density at radius 2 is 1.86 bits per heavy atom. The molecule has 3 heterocycles. The quantitative estimate of drug-likeness (QED) is 0.260. The van der Waals surface area contributed by atoms with E-state index in [1.165, 1.54) is 24.0 Å². The smallest absolute Gasteiger partial charge is 0.225 e. The minimum atomic E-state index is -0.645. The minimum absolute atomic E-state index is 0.0357. The van der Waals surface area contributed by atoms with Crippen molar-refractivity contribution < 1.29 is 14.6 Å². The van der Waals surface area contributed by atoms with Crippen LogP contribution in [0, 0.1) is 5.92 Å². The van der Waals surface area contributed by atoms with Crippen molar-refractivity contribution in [2.24, 2.45) is 5.92 Å². The van der Waals surface area contributed by atoms with Crippen molar-refractivity contribution in [2.45, 2.75) is 108 Å². The van der Waals surface area contributed by atoms with Crippen molar-refractivity contribution in [3.05, 3.63) is 89.6 Å². The number of nitrogens with zero attached hydrogens (tertiary/aromatic N) is 2. The van der Waals surface area contributed by atoms with Gasteiger partial charge in [0.15, 0.2) is 0 Å². The summed E-state index contributed by atoms with van der Waals surface area (Å²) in [5, 5.41) is 15.1. The number of benzene rings is 2. The highest BCUT2D eigenvalue weighted by molar-refractivity contribution is 5.80. The zero-order valence-electron chi connectivity index (χ0n) is 26.5. The van der Waals surface area contributed by atoms with Crippen LogP contribution in [0.1, 0.15) is 100 Å². The van der Waals surface area contributed by atoms with E-state index in [1.54, 1.807) is 6.20 Å². The molecule has 6 nitrogen and oxygen atoms in total. The van der Waals surface area contributed by atoms with Crippen LogP contribution in [0.25, 0.3) is 0 Å². The van der Waals surface area contributed by atoms with Crippen LogP contribution < -0.4 is 15.0 Å². The molecule has 2 fully saturated rings. The van der Waals surface area contributed by atoms with Crippen LogP contribution in [0.4, 0.5) is 5.82 Å². The lowest BCUT2D eigenvalue weighted by atomic mass is 9.77. The first-order valence-corrected chi connectivity index (χ1v) is 16.9. The SMILES string of the molecule is CC(C)c1ccc2c(c1)[C@@H](CC[C@@H](O)[C@H](Cc1ccccc1)NC(=O)C1CCCN(c3ccccn3)C1)CC1(CCCC1)O2. The number of aliphatic hydroxyl groups excluding tert-OH is 1. The van der Waals surface area contributed by atoms with E-state index in [4.69, 9.17) is 4.74 Å². The van der Waals surface area contributed by atoms with Crippen LogP contribution in [0.3, 0.4) is 0 Å². The molecule has 1 unspecified atom stereocenters. The molecular weight excluding hydrogens is 546 g/mol. The number of pyridine rings is 1. The van der Waals surface area contributed by atoms with E-state index in [1.807, 2.05) is 36.4 Å². The van der Waals surface area contributed by atoms with E-state index in [0.717, 1.165) is 62.2 Å². The number of rotatable bonds is 10. The van der Waals surface area contributed by atoms with Gasteiger partial charge in [-0.3, -0.25) is 4.79 Å². The maximum absolute atomic E-state index is 13.7. The number of amides is 1. The van der Waals surface area contributed by atoms with Gasteiger partial charge in [-0.2, -0.15) is 0 Å². The normalized spacial score (nSPS) is 22.3. The molecule has 1 aromatic heterocycles. The molecular formula is C38H49N3O3. The molecule has 234 valence electrons. The van der Waals surface area contributed by atoms with Crippen LogP contribution >= 0.6 is 0 Å². The molecule has 6 heteroatoms. The minimum Gasteiger partial charge on any atom is -0.487 e. The molecule has 1 aliphatic carbocycles. The fraction of sp³-hybridized carbons (Fsp3) is 0.526. The van der Waals surface area contributed by atoms with Gasteiger partial charge in [0, 0.05) is 19.3 Å². The molecule has 0 bridgehead atoms. The standard InChI is InChI=1S/C38H49N3O3/c1-27(2)29-16-18-35-32(24-29)30(25-38(44-35)19-7-8-20-38)15-17-34(42)33(23-28-11-4-3-5-12-28)40-37(43)31-13-10-22-41(26-31)36-14-6-9-21-39-36/h3-6,9,11-12,14,16,18,21,24,27,30-31,33-34,42H,7-8,10,13,15,17,19-20,22-23,25-26H2,1-2H3,(H,40,43)/t30-,31?,33-,34+/m0/s1. The second-order valence-electron chi connectivity index (χ2n) is 13.8. The highest BCUT2D eigenvalue weighted by atomic mass is 16.5. The molecule has 6 rings (SSSR count). The molecule has 4 atom stereocenters. The summed E-state index contributed by atoms with van der Waals surface area (Å²) in [6, 6.07) is 22.6. The second kappa shape index (κ2) is 13.7. The van der Waals surface area contributed by atoms with E-state index in [2.05, 4.69) is 59.4 Å². The Morgan fingerprint density at radius 3 is 2.61 bits per heavy atom. The first-order chi connectivity index (χ1) is 21.4. The molecule has 1 saturated heterocycles. The highest BCUT2D eigenvalue weighted by Crippen LogP contribution is 2.50. The lowest BCUT2D eigenvalue weighted by molar-refractivity contribution is -0.126. The van der Waals surface area contributed by atoms with Crippen molar-refractivity contribution in [2.75, 3.05) is 18.0 Å². The summed E-state index contributed by atoms with van der Waals surface area (Å²) < 4.78 is 6.71. The Kier molecular flexibility index (Phi) is 9.56. The third kappa shape index (κ3) is 7.12. The fourth-order valence-electron chi connectivity index (χ4n) is 7.72. The maximum Gasteiger partial charge on any atom is 0.225 e. The van der Waals surface area contributed by atoms with Crippen LogP contribution in [-0.4, -0.2) is 46.8 Å². The van der Waals surface area contributed by atoms with Gasteiger partial charge in [0.25, 0.3) is 0 Å². The number of aliphatic hydroxyl groups is 1. The number of carbonyl (C=O) groups is 1. The number of anilines is 1. The summed E-state index contributed by atoms with van der Waals surface area (Å²) in [4.78, 5) is 20.5. The molecule has 2 aliphatic heterocycles. The van der Waals surface area contributed by atoms with Gasteiger partial charge in [-0.1, -0.05) is 62.4 Å². The van der Waals surface area contributed by atoms with E-state index in [-0.39, 0.29) is 23.5 Å². The van der Waals surface area contributed by atoms with Crippen molar-refractivity contribution >= 4 is 11.7 Å². The van der Waals surface area contributed by atoms with Crippen LogP contribution in [0.15, 0.2) is 72.9 Å². The number of nitrogens with one attached hydrogen (secondary N) is 1. The first-order valence-electron chi connectivity index (χ1n) is 16.9. The maximum atomic E-state index is 13.7. The zero-order valence-corrected chi connectivity index (χ0v) is 26.5. The predicted octanol–water partition coefficient (Wildman–Crippen LogP) is 7.17. The van der Waals surface area contributed by atoms with Crippen LogP contribution in [0.2, 0.25) is 0 Å². The van der Waals surface area contributed by atoms with Crippen LogP contribution in [-0.2, 0) is 11.2 Å². The number of fused-ring (bicyclic) bond motifs is 1. The molecule has 3 aromatic rings. The molecule has 1 amide bonds. The lowest BCUT2D eigenvalue weighted by Gasteiger charge is -2.41. The van der Waals surface area contributed by atoms with Gasteiger partial charge < -0.3 is 20.1 Å². The average molecular weight is 596 g/mol. The molecule has 0 radical (unpaired) electrons. The summed E-state index contributed by atoms with van der Waals surface area (Å²) in [7, 11) is 0. The van der Waals surface area contributed by atoms with Crippen molar-refractivity contribution in [3.8, 4) is 5.75 Å². The summed E-state index contributed by atoms with van der Waals surface area (Å²) in [5.41, 5.74) is 3.68. The van der Waals surface area contributed by atoms with Gasteiger partial charge >= 0.3 is 0 Å². The molecule has 2 aromatic carbocycles. The Hall–Kier alpha value is -3.38. The number of ether oxygens (including phenoxy) is 1. The first kappa shape index (κ1) is 30.6. The molecule has 3 aliphatic rings. The third-order valence-corrected chi connectivity index (χ3v) is 10.3. The zero-order chi connectivity index (χ0) is 30.5. The molecule has 1 spiro atoms. The van der Waals surface area contributed by atoms with E-state index in [0.29, 0.717) is 31.2 Å². The van der Waals surface area contributed by atoms with Gasteiger partial charge in [0.2, 0.25) is 5.91 Å². The van der Waals surface area contributed by atoms with E-state index >= 15 is 0 Å². The number of hydrogen-bond donors (Lipinski definition) is 2. The van der Waals surface area contributed by atoms with Crippen molar-refractivity contribution in [3.63, 3.8) is 0 Å². The fourth-order valence-corrected chi connectivity index (χ4v) is 7.72. The summed E-state index contributed by atoms with van der Waals surface area (Å²) in [6.07, 6.45) is 10.7. The Morgan fingerprint density at radius 1 is 1.07 bits per heavy atom. The highest BCUT2D eigenvalue weighted by Gasteiger charge is 2.43. The van der Waals surface area contributed by atoms with Gasteiger partial charge in [-0.05, 0) is 111 Å². The number of aromatic nitrogens is 1. The number of piperidine rings is 1. The summed E-state index contributed by atoms with van der Waals surface area (Å²) in [6.45, 7) is 6.03.